The number of pyridine rings is 3. The zero-order chi connectivity index (χ0) is 22.2. The molecule has 0 N–H and O–H groups in total. The smallest absolute Gasteiger partial charge is 0.269 e. The quantitative estimate of drug-likeness (QED) is 0.199. The molecule has 4 aromatic rings. The summed E-state index contributed by atoms with van der Waals surface area (Å²) < 4.78 is 6.03. The van der Waals surface area contributed by atoms with Crippen molar-refractivity contribution in [2.45, 2.75) is 19.3 Å². The van der Waals surface area contributed by atoms with E-state index in [2.05, 4.69) is 9.97 Å². The minimum absolute atomic E-state index is 0.113. The number of nitro benzene ring substituents is 1. The molecule has 0 bridgehead atoms. The topological polar surface area (TPSA) is 91.0 Å². The first-order valence-corrected chi connectivity index (χ1v) is 10.4. The SMILES string of the molecule is O=[N+]([O-])c1ccc(CCCCOc2cc(-c3ccccn3)nc(-c3ccccn3)c2)cc1. The summed E-state index contributed by atoms with van der Waals surface area (Å²) in [6.45, 7) is 0.556. The predicted octanol–water partition coefficient (Wildman–Crippen LogP) is 5.52. The lowest BCUT2D eigenvalue weighted by atomic mass is 10.1. The van der Waals surface area contributed by atoms with E-state index >= 15 is 0 Å². The highest BCUT2D eigenvalue weighted by Crippen LogP contribution is 2.26. The van der Waals surface area contributed by atoms with Crippen molar-refractivity contribution in [1.29, 1.82) is 0 Å². The van der Waals surface area contributed by atoms with Crippen LogP contribution < -0.4 is 4.74 Å². The number of nitro groups is 1. The summed E-state index contributed by atoms with van der Waals surface area (Å²) in [5.74, 6) is 0.719. The summed E-state index contributed by atoms with van der Waals surface area (Å²) in [6.07, 6.45) is 6.10. The van der Waals surface area contributed by atoms with Crippen molar-refractivity contribution < 1.29 is 9.66 Å². The third kappa shape index (κ3) is 5.51. The lowest BCUT2D eigenvalue weighted by molar-refractivity contribution is -0.384. The molecule has 32 heavy (non-hydrogen) atoms. The Kier molecular flexibility index (Phi) is 6.77. The molecule has 0 spiro atoms. The number of nitrogens with zero attached hydrogens (tertiary/aromatic N) is 4. The van der Waals surface area contributed by atoms with E-state index in [9.17, 15) is 10.1 Å². The fourth-order valence-electron chi connectivity index (χ4n) is 3.29. The zero-order valence-corrected chi connectivity index (χ0v) is 17.4. The van der Waals surface area contributed by atoms with E-state index in [1.165, 1.54) is 0 Å². The largest absolute Gasteiger partial charge is 0.493 e. The van der Waals surface area contributed by atoms with Crippen LogP contribution in [0.2, 0.25) is 0 Å². The van der Waals surface area contributed by atoms with Crippen LogP contribution in [0.5, 0.6) is 5.75 Å². The van der Waals surface area contributed by atoms with E-state index < -0.39 is 0 Å². The predicted molar refractivity (Wildman–Crippen MR) is 122 cm³/mol. The van der Waals surface area contributed by atoms with Crippen LogP contribution in [0, 0.1) is 10.1 Å². The minimum atomic E-state index is -0.384. The maximum Gasteiger partial charge on any atom is 0.269 e. The van der Waals surface area contributed by atoms with Crippen LogP contribution in [0.25, 0.3) is 22.8 Å². The van der Waals surface area contributed by atoms with Crippen molar-refractivity contribution in [2.75, 3.05) is 6.61 Å². The summed E-state index contributed by atoms with van der Waals surface area (Å²) in [7, 11) is 0. The number of hydrogen-bond donors (Lipinski definition) is 0. The first-order valence-electron chi connectivity index (χ1n) is 10.4. The van der Waals surface area contributed by atoms with Gasteiger partial charge in [-0.3, -0.25) is 20.1 Å². The number of aromatic nitrogens is 3. The standard InChI is InChI=1S/C25H22N4O3/c30-29(31)20-12-10-19(11-13-20)7-3-6-16-32-21-17-24(22-8-1-4-14-26-22)28-25(18-21)23-9-2-5-15-27-23/h1-2,4-5,8-15,17-18H,3,6-7,16H2. The average molecular weight is 426 g/mol. The monoisotopic (exact) mass is 426 g/mol. The number of aryl methyl sites for hydroxylation is 1. The Bertz CT molecular complexity index is 1110. The first-order chi connectivity index (χ1) is 15.7. The Hall–Kier alpha value is -4.13. The van der Waals surface area contributed by atoms with Crippen molar-refractivity contribution in [3.05, 3.63) is 101 Å². The molecule has 4 rings (SSSR count). The molecule has 0 aliphatic rings. The average Bonchev–Trinajstić information content (AvgIpc) is 2.85. The van der Waals surface area contributed by atoms with Crippen LogP contribution in [0.15, 0.2) is 85.2 Å². The van der Waals surface area contributed by atoms with Gasteiger partial charge < -0.3 is 4.74 Å². The molecule has 3 heterocycles. The van der Waals surface area contributed by atoms with Gasteiger partial charge in [0.15, 0.2) is 0 Å². The number of non-ortho nitro benzene ring substituents is 1. The maximum atomic E-state index is 10.8. The Morgan fingerprint density at radius 1 is 0.781 bits per heavy atom. The summed E-state index contributed by atoms with van der Waals surface area (Å²) in [4.78, 5) is 23.9. The lowest BCUT2D eigenvalue weighted by Crippen LogP contribution is -2.01. The van der Waals surface area contributed by atoms with E-state index in [0.29, 0.717) is 6.61 Å². The van der Waals surface area contributed by atoms with Crippen molar-refractivity contribution >= 4 is 5.69 Å². The lowest BCUT2D eigenvalue weighted by Gasteiger charge is -2.10. The van der Waals surface area contributed by atoms with Gasteiger partial charge in [-0.15, -0.1) is 0 Å². The number of rotatable bonds is 9. The molecule has 0 aliphatic heterocycles. The number of hydrogen-bond acceptors (Lipinski definition) is 6. The van der Waals surface area contributed by atoms with E-state index in [0.717, 1.165) is 53.4 Å². The van der Waals surface area contributed by atoms with Gasteiger partial charge in [0.2, 0.25) is 0 Å². The van der Waals surface area contributed by atoms with Gasteiger partial charge in [-0.05, 0) is 49.1 Å². The Balaban J connectivity index is 1.40. The summed E-state index contributed by atoms with van der Waals surface area (Å²) >= 11 is 0. The van der Waals surface area contributed by atoms with Gasteiger partial charge in [0.25, 0.3) is 5.69 Å². The molecule has 0 saturated carbocycles. The second kappa shape index (κ2) is 10.3. The van der Waals surface area contributed by atoms with E-state index in [1.807, 2.05) is 48.5 Å². The van der Waals surface area contributed by atoms with Crippen LogP contribution in [0.1, 0.15) is 18.4 Å². The highest BCUT2D eigenvalue weighted by Gasteiger charge is 2.10. The molecule has 7 nitrogen and oxygen atoms in total. The van der Waals surface area contributed by atoms with Gasteiger partial charge in [-0.1, -0.05) is 24.3 Å². The van der Waals surface area contributed by atoms with Crippen molar-refractivity contribution in [1.82, 2.24) is 15.0 Å². The van der Waals surface area contributed by atoms with Gasteiger partial charge in [0, 0.05) is 36.7 Å². The van der Waals surface area contributed by atoms with Gasteiger partial charge in [-0.2, -0.15) is 0 Å². The van der Waals surface area contributed by atoms with Crippen LogP contribution >= 0.6 is 0 Å². The molecule has 7 heteroatoms. The molecule has 1 aromatic carbocycles. The molecule has 160 valence electrons. The molecule has 0 saturated heterocycles. The molecular formula is C25H22N4O3. The maximum absolute atomic E-state index is 10.8. The Labute approximate surface area is 185 Å². The van der Waals surface area contributed by atoms with Crippen molar-refractivity contribution in [3.63, 3.8) is 0 Å². The second-order valence-corrected chi connectivity index (χ2v) is 7.23. The van der Waals surface area contributed by atoms with Crippen molar-refractivity contribution in [2.24, 2.45) is 0 Å². The van der Waals surface area contributed by atoms with Gasteiger partial charge in [0.1, 0.15) is 5.75 Å². The highest BCUT2D eigenvalue weighted by molar-refractivity contribution is 5.64. The summed E-state index contributed by atoms with van der Waals surface area (Å²) in [5.41, 5.74) is 4.20. The molecule has 0 unspecified atom stereocenters. The molecule has 0 radical (unpaired) electrons. The first kappa shape index (κ1) is 21.1. The van der Waals surface area contributed by atoms with E-state index in [1.54, 1.807) is 36.7 Å². The molecule has 0 amide bonds. The van der Waals surface area contributed by atoms with Crippen LogP contribution in [-0.4, -0.2) is 26.5 Å². The molecule has 0 atom stereocenters. The molecule has 0 fully saturated rings. The van der Waals surface area contributed by atoms with Gasteiger partial charge in [-0.25, -0.2) is 4.98 Å². The van der Waals surface area contributed by atoms with E-state index in [-0.39, 0.29) is 10.6 Å². The Morgan fingerprint density at radius 2 is 1.41 bits per heavy atom. The number of unbranched alkanes of at least 4 members (excludes halogenated alkanes) is 1. The molecule has 0 aliphatic carbocycles. The van der Waals surface area contributed by atoms with Crippen LogP contribution in [0.3, 0.4) is 0 Å². The van der Waals surface area contributed by atoms with Crippen LogP contribution in [0.4, 0.5) is 5.69 Å². The zero-order valence-electron chi connectivity index (χ0n) is 17.4. The number of benzene rings is 1. The number of ether oxygens (including phenoxy) is 1. The third-order valence-electron chi connectivity index (χ3n) is 4.93. The fourth-order valence-corrected chi connectivity index (χ4v) is 3.29. The van der Waals surface area contributed by atoms with E-state index in [4.69, 9.17) is 9.72 Å². The summed E-state index contributed by atoms with van der Waals surface area (Å²) in [5, 5.41) is 10.8. The molecule has 3 aromatic heterocycles. The third-order valence-corrected chi connectivity index (χ3v) is 4.93. The van der Waals surface area contributed by atoms with Crippen molar-refractivity contribution in [3.8, 4) is 28.5 Å². The van der Waals surface area contributed by atoms with Crippen LogP contribution in [-0.2, 0) is 6.42 Å². The van der Waals surface area contributed by atoms with Gasteiger partial charge >= 0.3 is 0 Å². The van der Waals surface area contributed by atoms with Gasteiger partial charge in [0.05, 0.1) is 34.3 Å². The molecular weight excluding hydrogens is 404 g/mol. The Morgan fingerprint density at radius 3 is 1.94 bits per heavy atom. The minimum Gasteiger partial charge on any atom is -0.493 e. The highest BCUT2D eigenvalue weighted by atomic mass is 16.6. The normalized spacial score (nSPS) is 10.6. The second-order valence-electron chi connectivity index (χ2n) is 7.23. The summed E-state index contributed by atoms with van der Waals surface area (Å²) in [6, 6.07) is 21.9. The fraction of sp³-hybridized carbons (Fsp3) is 0.160.